The Balaban J connectivity index is 1.73. The molecule has 0 spiro atoms. The number of anilines is 2. The number of rotatable bonds is 9. The number of benzene rings is 4. The molecule has 0 atom stereocenters. The summed E-state index contributed by atoms with van der Waals surface area (Å²) in [4.78, 5) is 4.42. The number of ether oxygens (including phenoxy) is 2. The van der Waals surface area contributed by atoms with E-state index in [-0.39, 0.29) is 15.4 Å². The highest BCUT2D eigenvalue weighted by Crippen LogP contribution is 2.42. The zero-order valence-corrected chi connectivity index (χ0v) is 31.2. The van der Waals surface area contributed by atoms with E-state index in [0.29, 0.717) is 56.4 Å². The Labute approximate surface area is 299 Å². The van der Waals surface area contributed by atoms with Crippen LogP contribution in [-0.4, -0.2) is 45.9 Å². The second kappa shape index (κ2) is 14.3. The number of aliphatic imine (C=N–C) groups is 1. The first-order valence-corrected chi connectivity index (χ1v) is 18.8. The molecule has 5 rings (SSSR count). The lowest BCUT2D eigenvalue weighted by Crippen LogP contribution is -2.10. The van der Waals surface area contributed by atoms with E-state index in [1.165, 1.54) is 26.4 Å². The van der Waals surface area contributed by atoms with Crippen LogP contribution in [0, 0.1) is 41.5 Å². The maximum atomic E-state index is 12.7. The summed E-state index contributed by atoms with van der Waals surface area (Å²) >= 11 is 0. The number of hydrogen-bond acceptors (Lipinski definition) is 8. The van der Waals surface area contributed by atoms with E-state index in [1.54, 1.807) is 62.4 Å². The van der Waals surface area contributed by atoms with E-state index < -0.39 is 20.2 Å². The molecule has 4 aromatic carbocycles. The van der Waals surface area contributed by atoms with Crippen molar-refractivity contribution in [2.75, 3.05) is 19.5 Å². The Morgan fingerprint density at radius 2 is 1.39 bits per heavy atom. The van der Waals surface area contributed by atoms with Gasteiger partial charge in [0.05, 0.1) is 25.6 Å². The first-order chi connectivity index (χ1) is 23.9. The number of aryl methyl sites for hydroxylation is 5. The average molecular weight is 729 g/mol. The number of methoxy groups -OCH3 is 2. The lowest BCUT2D eigenvalue weighted by Gasteiger charge is -2.22. The predicted octanol–water partition coefficient (Wildman–Crippen LogP) is 8.46. The summed E-state index contributed by atoms with van der Waals surface area (Å²) in [5.41, 5.74) is 8.75. The van der Waals surface area contributed by atoms with Gasteiger partial charge in [-0.1, -0.05) is 42.0 Å². The molecule has 0 bridgehead atoms. The molecular weight excluding hydrogens is 689 g/mol. The van der Waals surface area contributed by atoms with Crippen molar-refractivity contribution in [3.05, 3.63) is 135 Å². The topological polar surface area (TPSA) is 152 Å². The minimum atomic E-state index is -4.68. The second-order valence-electron chi connectivity index (χ2n) is 12.4. The molecule has 3 N–H and O–H groups in total. The fourth-order valence-corrected chi connectivity index (χ4v) is 8.30. The van der Waals surface area contributed by atoms with Crippen LogP contribution in [0.5, 0.6) is 5.75 Å². The van der Waals surface area contributed by atoms with Gasteiger partial charge < -0.3 is 14.8 Å². The molecule has 10 nitrogen and oxygen atoms in total. The van der Waals surface area contributed by atoms with E-state index >= 15 is 0 Å². The van der Waals surface area contributed by atoms with Crippen LogP contribution in [0.3, 0.4) is 0 Å². The lowest BCUT2D eigenvalue weighted by atomic mass is 9.89. The summed E-state index contributed by atoms with van der Waals surface area (Å²) in [6.45, 7) is 11.1. The highest BCUT2D eigenvalue weighted by molar-refractivity contribution is 7.86. The SMILES string of the molecule is COC1=CC(=Nc2c(C)cc(C)cc2C)C=CC1=C(c1ccc(Nc2c(C)cc(C)c(S(=O)(=O)O)c2C)cc1OC)c1ccccc1S(=O)(=O)O. The molecule has 266 valence electrons. The molecular formula is C39H40N2O8S2. The summed E-state index contributed by atoms with van der Waals surface area (Å²) in [5, 5.41) is 3.26. The van der Waals surface area contributed by atoms with Crippen molar-refractivity contribution >= 4 is 48.6 Å². The van der Waals surface area contributed by atoms with Crippen molar-refractivity contribution in [2.45, 2.75) is 51.3 Å². The van der Waals surface area contributed by atoms with Crippen LogP contribution < -0.4 is 10.1 Å². The summed E-state index contributed by atoms with van der Waals surface area (Å²) in [7, 11) is -6.19. The third-order valence-electron chi connectivity index (χ3n) is 8.66. The molecule has 1 aliphatic carbocycles. The van der Waals surface area contributed by atoms with Crippen molar-refractivity contribution in [1.82, 2.24) is 0 Å². The van der Waals surface area contributed by atoms with Gasteiger partial charge in [0.15, 0.2) is 0 Å². The third-order valence-corrected chi connectivity index (χ3v) is 10.7. The molecule has 0 amide bonds. The molecule has 0 aliphatic heterocycles. The predicted molar refractivity (Wildman–Crippen MR) is 201 cm³/mol. The average Bonchev–Trinajstić information content (AvgIpc) is 3.04. The zero-order valence-electron chi connectivity index (χ0n) is 29.6. The van der Waals surface area contributed by atoms with Gasteiger partial charge in [-0.2, -0.15) is 16.8 Å². The monoisotopic (exact) mass is 728 g/mol. The largest absolute Gasteiger partial charge is 0.496 e. The molecule has 0 saturated carbocycles. The maximum Gasteiger partial charge on any atom is 0.295 e. The molecule has 0 saturated heterocycles. The van der Waals surface area contributed by atoms with Gasteiger partial charge in [0.2, 0.25) is 0 Å². The molecule has 51 heavy (non-hydrogen) atoms. The summed E-state index contributed by atoms with van der Waals surface area (Å²) in [6, 6.07) is 17.1. The van der Waals surface area contributed by atoms with Crippen molar-refractivity contribution in [3.8, 4) is 5.75 Å². The molecule has 12 heteroatoms. The molecule has 1 aliphatic rings. The van der Waals surface area contributed by atoms with Crippen LogP contribution in [0.2, 0.25) is 0 Å². The summed E-state index contributed by atoms with van der Waals surface area (Å²) in [6.07, 6.45) is 5.36. The Hall–Kier alpha value is -5.01. The smallest absolute Gasteiger partial charge is 0.295 e. The van der Waals surface area contributed by atoms with Crippen molar-refractivity contribution in [1.29, 1.82) is 0 Å². The van der Waals surface area contributed by atoms with E-state index in [2.05, 4.69) is 17.4 Å². The molecule has 0 radical (unpaired) electrons. The number of allylic oxidation sites excluding steroid dienone is 3. The Morgan fingerprint density at radius 1 is 0.725 bits per heavy atom. The van der Waals surface area contributed by atoms with Gasteiger partial charge in [0.1, 0.15) is 21.3 Å². The van der Waals surface area contributed by atoms with Gasteiger partial charge in [-0.05, 0) is 99.7 Å². The van der Waals surface area contributed by atoms with Crippen LogP contribution in [0.4, 0.5) is 17.1 Å². The van der Waals surface area contributed by atoms with Crippen LogP contribution in [0.15, 0.2) is 105 Å². The van der Waals surface area contributed by atoms with E-state index in [1.807, 2.05) is 33.8 Å². The highest BCUT2D eigenvalue weighted by Gasteiger charge is 2.27. The lowest BCUT2D eigenvalue weighted by molar-refractivity contribution is 0.303. The van der Waals surface area contributed by atoms with E-state index in [4.69, 9.17) is 14.5 Å². The maximum absolute atomic E-state index is 12.7. The minimum Gasteiger partial charge on any atom is -0.496 e. The van der Waals surface area contributed by atoms with Crippen molar-refractivity contribution < 1.29 is 35.4 Å². The van der Waals surface area contributed by atoms with Gasteiger partial charge in [0, 0.05) is 45.8 Å². The number of nitrogens with one attached hydrogen (secondary N) is 1. The van der Waals surface area contributed by atoms with Crippen LogP contribution in [0.25, 0.3) is 5.57 Å². The molecule has 0 aromatic heterocycles. The molecule has 0 heterocycles. The molecule has 0 fully saturated rings. The van der Waals surface area contributed by atoms with Crippen molar-refractivity contribution in [2.24, 2.45) is 4.99 Å². The van der Waals surface area contributed by atoms with Crippen LogP contribution in [0.1, 0.15) is 44.5 Å². The van der Waals surface area contributed by atoms with E-state index in [9.17, 15) is 25.9 Å². The Bertz CT molecular complexity index is 2400. The van der Waals surface area contributed by atoms with Gasteiger partial charge >= 0.3 is 0 Å². The molecule has 4 aromatic rings. The Morgan fingerprint density at radius 3 is 2.00 bits per heavy atom. The Kier molecular flexibility index (Phi) is 10.5. The summed E-state index contributed by atoms with van der Waals surface area (Å²) < 4.78 is 81.8. The standard InChI is InChI=1S/C39H40N2O8S2/c1-22-17-23(2)37(24(3)18-22)40-28-13-15-30(33(20-28)48-7)36(32-11-9-10-12-35(32)50(42,43)44)31-16-14-29(21-34(31)49-8)41-38-25(4)19-26(5)39(27(38)6)51(45,46)47/h9-21,41H,1-8H3,(H,42,43,44)(H,45,46,47). The normalized spacial score (nSPS) is 15.1. The minimum absolute atomic E-state index is 0.174. The van der Waals surface area contributed by atoms with Crippen molar-refractivity contribution in [3.63, 3.8) is 0 Å². The van der Waals surface area contributed by atoms with Gasteiger partial charge in [-0.25, -0.2) is 4.99 Å². The first kappa shape index (κ1) is 37.3. The third kappa shape index (κ3) is 7.69. The molecule has 0 unspecified atom stereocenters. The zero-order chi connectivity index (χ0) is 37.4. The fraction of sp³-hybridized carbons (Fsp3) is 0.205. The fourth-order valence-electron chi connectivity index (χ4n) is 6.64. The van der Waals surface area contributed by atoms with Gasteiger partial charge in [-0.15, -0.1) is 0 Å². The first-order valence-electron chi connectivity index (χ1n) is 15.9. The quantitative estimate of drug-likeness (QED) is 0.144. The van der Waals surface area contributed by atoms with Gasteiger partial charge in [0.25, 0.3) is 20.2 Å². The second-order valence-corrected chi connectivity index (χ2v) is 15.2. The van der Waals surface area contributed by atoms with Crippen LogP contribution in [-0.2, 0) is 25.0 Å². The number of nitrogens with zero attached hydrogens (tertiary/aromatic N) is 1. The highest BCUT2D eigenvalue weighted by atomic mass is 32.2. The van der Waals surface area contributed by atoms with Crippen LogP contribution >= 0.6 is 0 Å². The number of hydrogen-bond donors (Lipinski definition) is 3. The van der Waals surface area contributed by atoms with E-state index in [0.717, 1.165) is 27.9 Å². The summed E-state index contributed by atoms with van der Waals surface area (Å²) in [5.74, 6) is 0.728. The van der Waals surface area contributed by atoms with Gasteiger partial charge in [-0.3, -0.25) is 9.11 Å².